The molecule has 1 N–H and O–H groups in total. The minimum atomic E-state index is -0.786. The first-order valence-corrected chi connectivity index (χ1v) is 17.8. The number of unbranched alkanes of at least 4 members (excludes halogenated alkanes) is 13. The molecule has 0 bridgehead atoms. The predicted octanol–water partition coefficient (Wildman–Crippen LogP) is 10.8. The zero-order chi connectivity index (χ0) is 32.2. The Balaban J connectivity index is 3.65. The van der Waals surface area contributed by atoms with Crippen LogP contribution in [0.4, 0.5) is 0 Å². The summed E-state index contributed by atoms with van der Waals surface area (Å²) in [6.45, 7) is 3.95. The van der Waals surface area contributed by atoms with Gasteiger partial charge in [-0.05, 0) is 77.0 Å². The molecule has 0 spiro atoms. The third-order valence-electron chi connectivity index (χ3n) is 7.30. The molecule has 0 saturated heterocycles. The van der Waals surface area contributed by atoms with Gasteiger partial charge in [0.15, 0.2) is 6.10 Å². The van der Waals surface area contributed by atoms with E-state index in [2.05, 4.69) is 74.6 Å². The normalized spacial score (nSPS) is 12.9. The number of esters is 2. The highest BCUT2D eigenvalue weighted by Crippen LogP contribution is 2.11. The van der Waals surface area contributed by atoms with E-state index in [4.69, 9.17) is 9.47 Å². The maximum absolute atomic E-state index is 12.1. The molecule has 0 aliphatic rings. The minimum absolute atomic E-state index is 0.0831. The monoisotopic (exact) mass is 614 g/mol. The summed E-state index contributed by atoms with van der Waals surface area (Å²) in [4.78, 5) is 24.2. The summed E-state index contributed by atoms with van der Waals surface area (Å²) in [5, 5.41) is 9.52. The molecule has 0 aliphatic heterocycles. The summed E-state index contributed by atoms with van der Waals surface area (Å²) in [7, 11) is 0. The van der Waals surface area contributed by atoms with Crippen LogP contribution in [0.1, 0.15) is 155 Å². The fourth-order valence-electron chi connectivity index (χ4n) is 4.60. The summed E-state index contributed by atoms with van der Waals surface area (Å²) < 4.78 is 10.6. The number of allylic oxidation sites excluding steroid dienone is 10. The van der Waals surface area contributed by atoms with Gasteiger partial charge in [0.25, 0.3) is 0 Å². The van der Waals surface area contributed by atoms with E-state index in [0.717, 1.165) is 89.9 Å². The number of ether oxygens (including phenoxy) is 2. The van der Waals surface area contributed by atoms with Crippen LogP contribution in [0.25, 0.3) is 0 Å². The lowest BCUT2D eigenvalue weighted by molar-refractivity contribution is -0.161. The lowest BCUT2D eigenvalue weighted by Gasteiger charge is -2.15. The Morgan fingerprint density at radius 2 is 0.977 bits per heavy atom. The number of hydrogen-bond acceptors (Lipinski definition) is 5. The van der Waals surface area contributed by atoms with Crippen LogP contribution in [0.3, 0.4) is 0 Å². The summed E-state index contributed by atoms with van der Waals surface area (Å²) in [5.41, 5.74) is 0. The largest absolute Gasteiger partial charge is 0.462 e. The van der Waals surface area contributed by atoms with Gasteiger partial charge in [-0.2, -0.15) is 0 Å². The Morgan fingerprint density at radius 1 is 0.545 bits per heavy atom. The topological polar surface area (TPSA) is 72.8 Å². The SMILES string of the molecule is CC/C=C\C/C=C\C/C=C\CCCCCCCC(=O)OCC(CO)OC(=O)CCCCCCC/C=C\C/C=C\CCCCC. The zero-order valence-electron chi connectivity index (χ0n) is 28.4. The quantitative estimate of drug-likeness (QED) is 0.0478. The first-order valence-electron chi connectivity index (χ1n) is 17.8. The van der Waals surface area contributed by atoms with Gasteiger partial charge in [0.2, 0.25) is 0 Å². The Morgan fingerprint density at radius 3 is 1.48 bits per heavy atom. The summed E-state index contributed by atoms with van der Waals surface area (Å²) in [6.07, 6.45) is 44.1. The van der Waals surface area contributed by atoms with Crippen molar-refractivity contribution in [1.29, 1.82) is 0 Å². The molecular formula is C39H66O5. The van der Waals surface area contributed by atoms with Crippen LogP contribution in [0.5, 0.6) is 0 Å². The molecule has 1 unspecified atom stereocenters. The van der Waals surface area contributed by atoms with Gasteiger partial charge in [-0.25, -0.2) is 0 Å². The number of hydrogen-bond donors (Lipinski definition) is 1. The van der Waals surface area contributed by atoms with Crippen LogP contribution in [-0.4, -0.2) is 36.4 Å². The summed E-state index contributed by atoms with van der Waals surface area (Å²) in [6, 6.07) is 0. The maximum Gasteiger partial charge on any atom is 0.306 e. The highest BCUT2D eigenvalue weighted by molar-refractivity contribution is 5.70. The van der Waals surface area contributed by atoms with E-state index in [0.29, 0.717) is 12.8 Å². The molecule has 0 aromatic heterocycles. The Bertz CT molecular complexity index is 792. The molecule has 5 nitrogen and oxygen atoms in total. The van der Waals surface area contributed by atoms with Crippen molar-refractivity contribution in [3.8, 4) is 0 Å². The van der Waals surface area contributed by atoms with Crippen LogP contribution in [0.15, 0.2) is 60.8 Å². The summed E-state index contributed by atoms with van der Waals surface area (Å²) >= 11 is 0. The molecule has 0 aromatic rings. The lowest BCUT2D eigenvalue weighted by atomic mass is 10.1. The standard InChI is InChI=1S/C39H66O5/c1-3-5-7-9-11-13-15-17-19-21-23-25-27-29-31-33-38(41)43-36-37(35-40)44-39(42)34-32-30-28-26-24-22-20-18-16-14-12-10-8-6-4-2/h5,7,11-14,17-20,37,40H,3-4,6,8-10,15-16,21-36H2,1-2H3/b7-5-,13-11-,14-12-,19-17-,20-18-. The number of aliphatic hydroxyl groups is 1. The second kappa shape index (κ2) is 35.1. The maximum atomic E-state index is 12.1. The van der Waals surface area contributed by atoms with Crippen molar-refractivity contribution >= 4 is 11.9 Å². The molecule has 0 fully saturated rings. The number of rotatable bonds is 31. The Hall–Kier alpha value is -2.40. The molecule has 0 rings (SSSR count). The van der Waals surface area contributed by atoms with E-state index in [1.54, 1.807) is 0 Å². The van der Waals surface area contributed by atoms with Gasteiger partial charge in [-0.3, -0.25) is 9.59 Å². The predicted molar refractivity (Wildman–Crippen MR) is 187 cm³/mol. The van der Waals surface area contributed by atoms with E-state index in [1.807, 2.05) is 0 Å². The number of carbonyl (C=O) groups excluding carboxylic acids is 2. The molecule has 0 saturated carbocycles. The highest BCUT2D eigenvalue weighted by atomic mass is 16.6. The van der Waals surface area contributed by atoms with Gasteiger partial charge in [-0.15, -0.1) is 0 Å². The van der Waals surface area contributed by atoms with Crippen molar-refractivity contribution in [3.63, 3.8) is 0 Å². The second-order valence-electron chi connectivity index (χ2n) is 11.6. The van der Waals surface area contributed by atoms with E-state index in [9.17, 15) is 14.7 Å². The van der Waals surface area contributed by atoms with Gasteiger partial charge < -0.3 is 14.6 Å². The molecule has 252 valence electrons. The van der Waals surface area contributed by atoms with Gasteiger partial charge in [0.05, 0.1) is 6.61 Å². The van der Waals surface area contributed by atoms with E-state index in [1.165, 1.54) is 38.5 Å². The lowest BCUT2D eigenvalue weighted by Crippen LogP contribution is -2.28. The Kier molecular flexibility index (Phi) is 33.2. The molecular weight excluding hydrogens is 548 g/mol. The summed E-state index contributed by atoms with van der Waals surface area (Å²) in [5.74, 6) is -0.633. The van der Waals surface area contributed by atoms with Crippen LogP contribution < -0.4 is 0 Å². The molecule has 0 heterocycles. The number of aliphatic hydroxyl groups excluding tert-OH is 1. The average molecular weight is 615 g/mol. The highest BCUT2D eigenvalue weighted by Gasteiger charge is 2.16. The fourth-order valence-corrected chi connectivity index (χ4v) is 4.60. The molecule has 0 radical (unpaired) electrons. The van der Waals surface area contributed by atoms with Crippen LogP contribution in [-0.2, 0) is 19.1 Å². The smallest absolute Gasteiger partial charge is 0.306 e. The van der Waals surface area contributed by atoms with Crippen molar-refractivity contribution in [2.24, 2.45) is 0 Å². The molecule has 0 amide bonds. The molecule has 1 atom stereocenters. The third-order valence-corrected chi connectivity index (χ3v) is 7.30. The second-order valence-corrected chi connectivity index (χ2v) is 11.6. The van der Waals surface area contributed by atoms with Crippen molar-refractivity contribution in [3.05, 3.63) is 60.8 Å². The van der Waals surface area contributed by atoms with Crippen LogP contribution >= 0.6 is 0 Å². The minimum Gasteiger partial charge on any atom is -0.462 e. The molecule has 0 aliphatic carbocycles. The van der Waals surface area contributed by atoms with Gasteiger partial charge >= 0.3 is 11.9 Å². The van der Waals surface area contributed by atoms with Crippen LogP contribution in [0, 0.1) is 0 Å². The first kappa shape index (κ1) is 41.6. The first-order chi connectivity index (χ1) is 21.6. The van der Waals surface area contributed by atoms with Gasteiger partial charge in [-0.1, -0.05) is 126 Å². The molecule has 44 heavy (non-hydrogen) atoms. The Labute approximate surface area is 271 Å². The number of carbonyl (C=O) groups is 2. The van der Waals surface area contributed by atoms with Crippen LogP contribution in [0.2, 0.25) is 0 Å². The van der Waals surface area contributed by atoms with Crippen molar-refractivity contribution in [1.82, 2.24) is 0 Å². The van der Waals surface area contributed by atoms with Crippen molar-refractivity contribution < 1.29 is 24.2 Å². The fraction of sp³-hybridized carbons (Fsp3) is 0.692. The third kappa shape index (κ3) is 32.5. The van der Waals surface area contributed by atoms with Gasteiger partial charge in [0, 0.05) is 12.8 Å². The van der Waals surface area contributed by atoms with Gasteiger partial charge in [0.1, 0.15) is 6.61 Å². The molecule has 0 aromatic carbocycles. The van der Waals surface area contributed by atoms with Crippen molar-refractivity contribution in [2.45, 2.75) is 161 Å². The van der Waals surface area contributed by atoms with E-state index >= 15 is 0 Å². The van der Waals surface area contributed by atoms with E-state index < -0.39 is 6.10 Å². The van der Waals surface area contributed by atoms with E-state index in [-0.39, 0.29) is 25.2 Å². The van der Waals surface area contributed by atoms with Crippen molar-refractivity contribution in [2.75, 3.05) is 13.2 Å². The average Bonchev–Trinajstić information content (AvgIpc) is 3.02. The molecule has 5 heteroatoms. The zero-order valence-corrected chi connectivity index (χ0v) is 28.4.